The Bertz CT molecular complexity index is 1280. The van der Waals surface area contributed by atoms with Crippen LogP contribution in [0.2, 0.25) is 0 Å². The van der Waals surface area contributed by atoms with Crippen molar-refractivity contribution in [3.63, 3.8) is 0 Å². The number of ether oxygens (including phenoxy) is 4. The molecule has 184 valence electrons. The number of nitrogens with zero attached hydrogens (tertiary/aromatic N) is 2. The van der Waals surface area contributed by atoms with Crippen molar-refractivity contribution in [2.24, 2.45) is 0 Å². The molecule has 5 rings (SSSR count). The lowest BCUT2D eigenvalue weighted by molar-refractivity contribution is 0.397. The summed E-state index contributed by atoms with van der Waals surface area (Å²) in [4.78, 5) is 4.44. The van der Waals surface area contributed by atoms with E-state index in [2.05, 4.69) is 60.3 Å². The average molecular weight is 483 g/mol. The molecule has 0 radical (unpaired) electrons. The molecule has 4 aromatic rings. The van der Waals surface area contributed by atoms with E-state index in [1.807, 2.05) is 36.4 Å². The van der Waals surface area contributed by atoms with Crippen LogP contribution >= 0.6 is 0 Å². The molecule has 1 aliphatic rings. The fourth-order valence-corrected chi connectivity index (χ4v) is 4.99. The molecule has 0 N–H and O–H groups in total. The van der Waals surface area contributed by atoms with Gasteiger partial charge in [-0.2, -0.15) is 0 Å². The molecule has 0 saturated heterocycles. The Morgan fingerprint density at radius 3 is 1.08 bits per heavy atom. The zero-order valence-electron chi connectivity index (χ0n) is 21.5. The minimum atomic E-state index is 0.775. The zero-order valence-corrected chi connectivity index (χ0v) is 21.5. The van der Waals surface area contributed by atoms with Gasteiger partial charge in [-0.1, -0.05) is 24.3 Å². The highest BCUT2D eigenvalue weighted by atomic mass is 16.5. The van der Waals surface area contributed by atoms with Crippen LogP contribution in [0.25, 0.3) is 22.3 Å². The third kappa shape index (κ3) is 3.66. The van der Waals surface area contributed by atoms with Crippen LogP contribution in [0.3, 0.4) is 0 Å². The number of rotatable bonds is 6. The van der Waals surface area contributed by atoms with Gasteiger partial charge < -0.3 is 28.7 Å². The normalized spacial score (nSPS) is 12.1. The van der Waals surface area contributed by atoms with Gasteiger partial charge in [0.15, 0.2) is 0 Å². The monoisotopic (exact) mass is 482 g/mol. The summed E-state index contributed by atoms with van der Waals surface area (Å²) in [6.45, 7) is 0. The molecule has 6 heteroatoms. The summed E-state index contributed by atoms with van der Waals surface area (Å²) in [6.07, 6.45) is 0. The first-order chi connectivity index (χ1) is 17.5. The maximum absolute atomic E-state index is 5.66. The summed E-state index contributed by atoms with van der Waals surface area (Å²) in [5.74, 6) is 3.10. The summed E-state index contributed by atoms with van der Waals surface area (Å²) < 4.78 is 22.6. The van der Waals surface area contributed by atoms with Gasteiger partial charge in [0.25, 0.3) is 0 Å². The van der Waals surface area contributed by atoms with E-state index in [-0.39, 0.29) is 0 Å². The maximum atomic E-state index is 5.66. The molecule has 0 aliphatic carbocycles. The van der Waals surface area contributed by atoms with Gasteiger partial charge in [0.05, 0.1) is 62.3 Å². The van der Waals surface area contributed by atoms with Crippen molar-refractivity contribution in [3.8, 4) is 45.3 Å². The molecule has 0 fully saturated rings. The standard InChI is InChI=1S/C30H30N2O4/c1-31-21-15-13-20(30-27(35-5)11-8-12-28(30)36-6)18-24(21)32(2)22-16-14-19(17-23(22)31)29-25(33-3)9-7-10-26(29)34-4/h7-18H,1-6H3. The van der Waals surface area contributed by atoms with Crippen LogP contribution in [0.1, 0.15) is 0 Å². The average Bonchev–Trinajstić information content (AvgIpc) is 2.94. The van der Waals surface area contributed by atoms with E-state index in [0.717, 1.165) is 68.0 Å². The highest BCUT2D eigenvalue weighted by Crippen LogP contribution is 2.51. The minimum Gasteiger partial charge on any atom is -0.496 e. The molecule has 0 spiro atoms. The molecular weight excluding hydrogens is 452 g/mol. The topological polar surface area (TPSA) is 43.4 Å². The van der Waals surface area contributed by atoms with Crippen molar-refractivity contribution >= 4 is 22.7 Å². The predicted octanol–water partition coefficient (Wildman–Crippen LogP) is 6.90. The van der Waals surface area contributed by atoms with Crippen LogP contribution in [0.15, 0.2) is 72.8 Å². The third-order valence-corrected chi connectivity index (χ3v) is 6.83. The highest BCUT2D eigenvalue weighted by molar-refractivity contribution is 5.97. The Balaban J connectivity index is 1.62. The smallest absolute Gasteiger partial charge is 0.130 e. The largest absolute Gasteiger partial charge is 0.496 e. The van der Waals surface area contributed by atoms with Crippen molar-refractivity contribution in [2.75, 3.05) is 52.3 Å². The summed E-state index contributed by atoms with van der Waals surface area (Å²) in [6, 6.07) is 24.6. The first-order valence-corrected chi connectivity index (χ1v) is 11.7. The van der Waals surface area contributed by atoms with Gasteiger partial charge in [-0.05, 0) is 59.7 Å². The van der Waals surface area contributed by atoms with Crippen molar-refractivity contribution in [1.29, 1.82) is 0 Å². The van der Waals surface area contributed by atoms with E-state index in [1.54, 1.807) is 28.4 Å². The van der Waals surface area contributed by atoms with Crippen LogP contribution in [0.5, 0.6) is 23.0 Å². The summed E-state index contributed by atoms with van der Waals surface area (Å²) in [5, 5.41) is 0. The summed E-state index contributed by atoms with van der Waals surface area (Å²) in [7, 11) is 10.9. The van der Waals surface area contributed by atoms with Crippen molar-refractivity contribution in [1.82, 2.24) is 0 Å². The van der Waals surface area contributed by atoms with E-state index in [0.29, 0.717) is 0 Å². The Labute approximate surface area is 212 Å². The van der Waals surface area contributed by atoms with Crippen molar-refractivity contribution in [3.05, 3.63) is 72.8 Å². The Hall–Kier alpha value is -4.32. The highest BCUT2D eigenvalue weighted by Gasteiger charge is 2.27. The molecule has 1 aliphatic heterocycles. The molecule has 0 aromatic heterocycles. The van der Waals surface area contributed by atoms with Gasteiger partial charge in [0.2, 0.25) is 0 Å². The maximum Gasteiger partial charge on any atom is 0.130 e. The Morgan fingerprint density at radius 1 is 0.444 bits per heavy atom. The van der Waals surface area contributed by atoms with E-state index in [9.17, 15) is 0 Å². The summed E-state index contributed by atoms with van der Waals surface area (Å²) in [5.41, 5.74) is 8.33. The van der Waals surface area contributed by atoms with Gasteiger partial charge in [-0.15, -0.1) is 0 Å². The van der Waals surface area contributed by atoms with Crippen molar-refractivity contribution < 1.29 is 18.9 Å². The van der Waals surface area contributed by atoms with E-state index in [4.69, 9.17) is 18.9 Å². The van der Waals surface area contributed by atoms with Gasteiger partial charge in [0.1, 0.15) is 23.0 Å². The predicted molar refractivity (Wildman–Crippen MR) is 146 cm³/mol. The Morgan fingerprint density at radius 2 is 0.778 bits per heavy atom. The molecule has 0 unspecified atom stereocenters. The van der Waals surface area contributed by atoms with Crippen LogP contribution in [0, 0.1) is 0 Å². The first kappa shape index (κ1) is 23.4. The molecule has 6 nitrogen and oxygen atoms in total. The lowest BCUT2D eigenvalue weighted by atomic mass is 9.97. The molecule has 0 amide bonds. The zero-order chi connectivity index (χ0) is 25.4. The molecule has 4 aromatic carbocycles. The third-order valence-electron chi connectivity index (χ3n) is 6.83. The molecule has 0 bridgehead atoms. The fraction of sp³-hybridized carbons (Fsp3) is 0.200. The first-order valence-electron chi connectivity index (χ1n) is 11.7. The number of hydrogen-bond donors (Lipinski definition) is 0. The molecule has 1 heterocycles. The SMILES string of the molecule is COc1cccc(OC)c1-c1ccc2c(c1)N(C)c1ccc(-c3c(OC)cccc3OC)cc1N2C. The van der Waals surface area contributed by atoms with Crippen molar-refractivity contribution in [2.45, 2.75) is 0 Å². The quantitative estimate of drug-likeness (QED) is 0.298. The van der Waals surface area contributed by atoms with E-state index < -0.39 is 0 Å². The lowest BCUT2D eigenvalue weighted by Gasteiger charge is -2.37. The van der Waals surface area contributed by atoms with Crippen LogP contribution in [0.4, 0.5) is 22.7 Å². The fourth-order valence-electron chi connectivity index (χ4n) is 4.99. The van der Waals surface area contributed by atoms with Gasteiger partial charge >= 0.3 is 0 Å². The second kappa shape index (κ2) is 9.38. The number of fused-ring (bicyclic) bond motifs is 2. The second-order valence-electron chi connectivity index (χ2n) is 8.60. The lowest BCUT2D eigenvalue weighted by Crippen LogP contribution is -2.24. The summed E-state index contributed by atoms with van der Waals surface area (Å²) >= 11 is 0. The Kier molecular flexibility index (Phi) is 6.10. The molecular formula is C30H30N2O4. The van der Waals surface area contributed by atoms with Crippen LogP contribution < -0.4 is 28.7 Å². The number of anilines is 4. The number of benzene rings is 4. The minimum absolute atomic E-state index is 0.775. The van der Waals surface area contributed by atoms with Gasteiger partial charge in [-0.25, -0.2) is 0 Å². The second-order valence-corrected chi connectivity index (χ2v) is 8.60. The van der Waals surface area contributed by atoms with Crippen LogP contribution in [-0.2, 0) is 0 Å². The number of hydrogen-bond acceptors (Lipinski definition) is 6. The van der Waals surface area contributed by atoms with E-state index in [1.165, 1.54) is 0 Å². The molecule has 0 atom stereocenters. The van der Waals surface area contributed by atoms with Gasteiger partial charge in [-0.3, -0.25) is 0 Å². The van der Waals surface area contributed by atoms with Gasteiger partial charge in [0, 0.05) is 14.1 Å². The molecule has 0 saturated carbocycles. The number of methoxy groups -OCH3 is 4. The van der Waals surface area contributed by atoms with Crippen LogP contribution in [-0.4, -0.2) is 42.5 Å². The molecule has 36 heavy (non-hydrogen) atoms. The van der Waals surface area contributed by atoms with E-state index >= 15 is 0 Å².